The maximum Gasteiger partial charge on any atom is 0.0624 e. The molecule has 5 saturated carbocycles. The Morgan fingerprint density at radius 2 is 1.09 bits per heavy atom. The smallest absolute Gasteiger partial charge is 0.0624 e. The zero-order valence-electron chi connectivity index (χ0n) is 22.4. The van der Waals surface area contributed by atoms with Crippen molar-refractivity contribution in [2.45, 2.75) is 132 Å². The van der Waals surface area contributed by atoms with Gasteiger partial charge in [-0.3, -0.25) is 0 Å². The largest absolute Gasteiger partial charge is 0.393 e. The molecule has 5 aliphatic carbocycles. The summed E-state index contributed by atoms with van der Waals surface area (Å²) in [6.07, 6.45) is 12.2. The highest BCUT2D eigenvalue weighted by Gasteiger charge is 2.70. The summed E-state index contributed by atoms with van der Waals surface area (Å²) < 4.78 is 0. The molecular formula is C30H52O2. The predicted octanol–water partition coefficient (Wildman–Crippen LogP) is 7.22. The van der Waals surface area contributed by atoms with E-state index in [1.807, 2.05) is 0 Å². The van der Waals surface area contributed by atoms with Crippen molar-refractivity contribution in [2.24, 2.45) is 56.2 Å². The van der Waals surface area contributed by atoms with E-state index < -0.39 is 0 Å². The van der Waals surface area contributed by atoms with Crippen LogP contribution in [-0.2, 0) is 0 Å². The van der Waals surface area contributed by atoms with E-state index in [9.17, 15) is 10.2 Å². The molecule has 5 rings (SSSR count). The molecule has 5 aliphatic rings. The van der Waals surface area contributed by atoms with Crippen LogP contribution >= 0.6 is 0 Å². The van der Waals surface area contributed by atoms with Gasteiger partial charge < -0.3 is 10.2 Å². The number of hydrogen-bond acceptors (Lipinski definition) is 2. The van der Waals surface area contributed by atoms with E-state index in [-0.39, 0.29) is 28.5 Å². The molecule has 10 atom stereocenters. The first-order valence-corrected chi connectivity index (χ1v) is 14.0. The Kier molecular flexibility index (Phi) is 5.01. The number of aliphatic hydroxyl groups excluding tert-OH is 2. The number of hydrogen-bond donors (Lipinski definition) is 2. The fraction of sp³-hybridized carbons (Fsp3) is 1.00. The van der Waals surface area contributed by atoms with Crippen LogP contribution in [-0.4, -0.2) is 22.4 Å². The van der Waals surface area contributed by atoms with Gasteiger partial charge in [0.2, 0.25) is 0 Å². The molecule has 32 heavy (non-hydrogen) atoms. The van der Waals surface area contributed by atoms with Gasteiger partial charge in [0.25, 0.3) is 0 Å². The molecular weight excluding hydrogens is 392 g/mol. The van der Waals surface area contributed by atoms with Gasteiger partial charge in [-0.1, -0.05) is 55.4 Å². The van der Waals surface area contributed by atoms with E-state index in [0.29, 0.717) is 28.1 Å². The van der Waals surface area contributed by atoms with Crippen LogP contribution in [0.1, 0.15) is 120 Å². The van der Waals surface area contributed by atoms with Gasteiger partial charge in [0.05, 0.1) is 12.2 Å². The summed E-state index contributed by atoms with van der Waals surface area (Å²) in [6, 6.07) is 0. The molecule has 0 aromatic heterocycles. The second-order valence-corrected chi connectivity index (χ2v) is 15.6. The standard InChI is InChI=1S/C30H52O2/c1-25(2)17-18-27(5)19(24(25)32)11-15-29(7)21(27)9-10-22-28(6)14-13-23(31)26(3,4)20(28)12-16-30(22,29)8/h19-24,31-32H,9-18H2,1-8H3/t19-,20+,21+,22+,23+,24?,27-,28+,29+,30+/m1/s1. The van der Waals surface area contributed by atoms with Crippen LogP contribution in [0.15, 0.2) is 0 Å². The zero-order valence-corrected chi connectivity index (χ0v) is 22.4. The Labute approximate surface area is 198 Å². The van der Waals surface area contributed by atoms with Gasteiger partial charge in [-0.2, -0.15) is 0 Å². The van der Waals surface area contributed by atoms with Crippen LogP contribution in [0.5, 0.6) is 0 Å². The van der Waals surface area contributed by atoms with Gasteiger partial charge >= 0.3 is 0 Å². The van der Waals surface area contributed by atoms with E-state index in [4.69, 9.17) is 0 Å². The summed E-state index contributed by atoms with van der Waals surface area (Å²) in [7, 11) is 0. The average Bonchev–Trinajstić information content (AvgIpc) is 2.69. The molecule has 1 unspecified atom stereocenters. The molecule has 2 N–H and O–H groups in total. The van der Waals surface area contributed by atoms with Crippen molar-refractivity contribution in [3.63, 3.8) is 0 Å². The third-order valence-electron chi connectivity index (χ3n) is 14.0. The lowest BCUT2D eigenvalue weighted by molar-refractivity contribution is -0.268. The molecule has 184 valence electrons. The van der Waals surface area contributed by atoms with Crippen LogP contribution < -0.4 is 0 Å². The van der Waals surface area contributed by atoms with Gasteiger partial charge in [0.15, 0.2) is 0 Å². The van der Waals surface area contributed by atoms with Crippen molar-refractivity contribution in [1.82, 2.24) is 0 Å². The van der Waals surface area contributed by atoms with Gasteiger partial charge in [-0.15, -0.1) is 0 Å². The summed E-state index contributed by atoms with van der Waals surface area (Å²) in [5, 5.41) is 22.3. The van der Waals surface area contributed by atoms with Gasteiger partial charge in [0, 0.05) is 0 Å². The van der Waals surface area contributed by atoms with Gasteiger partial charge in [-0.05, 0) is 120 Å². The molecule has 0 radical (unpaired) electrons. The molecule has 0 aromatic rings. The van der Waals surface area contributed by atoms with Crippen molar-refractivity contribution in [3.05, 3.63) is 0 Å². The monoisotopic (exact) mass is 444 g/mol. The normalized spacial score (nSPS) is 58.7. The Balaban J connectivity index is 1.52. The number of fused-ring (bicyclic) bond motifs is 7. The van der Waals surface area contributed by atoms with Gasteiger partial charge in [0.1, 0.15) is 0 Å². The SMILES string of the molecule is CC1(C)CC[C@]2(C)[C@H](CC[C@@]3(C)[C@H]2CC[C@H]2[C@@]4(C)CC[C@H](O)C(C)(C)[C@@H]4CC[C@@]23C)C1O. The Morgan fingerprint density at radius 1 is 0.531 bits per heavy atom. The topological polar surface area (TPSA) is 40.5 Å². The molecule has 0 bridgehead atoms. The highest BCUT2D eigenvalue weighted by atomic mass is 16.3. The van der Waals surface area contributed by atoms with E-state index in [1.54, 1.807) is 0 Å². The van der Waals surface area contributed by atoms with Crippen LogP contribution in [0.25, 0.3) is 0 Å². The van der Waals surface area contributed by atoms with Crippen molar-refractivity contribution >= 4 is 0 Å². The fourth-order valence-electron chi connectivity index (χ4n) is 11.6. The van der Waals surface area contributed by atoms with E-state index in [2.05, 4.69) is 55.4 Å². The highest BCUT2D eigenvalue weighted by Crippen LogP contribution is 2.77. The minimum atomic E-state index is -0.148. The molecule has 0 heterocycles. The average molecular weight is 445 g/mol. The Bertz CT molecular complexity index is 771. The quantitative estimate of drug-likeness (QED) is 0.414. The summed E-state index contributed by atoms with van der Waals surface area (Å²) in [4.78, 5) is 0. The molecule has 2 heteroatoms. The lowest BCUT2D eigenvalue weighted by atomic mass is 9.30. The van der Waals surface area contributed by atoms with E-state index in [1.165, 1.54) is 57.8 Å². The predicted molar refractivity (Wildman–Crippen MR) is 132 cm³/mol. The number of aliphatic hydroxyl groups is 2. The summed E-state index contributed by atoms with van der Waals surface area (Å²) >= 11 is 0. The molecule has 0 aliphatic heterocycles. The Hall–Kier alpha value is -0.0800. The first-order chi connectivity index (χ1) is 14.6. The lowest BCUT2D eigenvalue weighted by Gasteiger charge is -2.74. The van der Waals surface area contributed by atoms with Crippen LogP contribution in [0.3, 0.4) is 0 Å². The van der Waals surface area contributed by atoms with Crippen LogP contribution in [0.4, 0.5) is 0 Å². The summed E-state index contributed by atoms with van der Waals surface area (Å²) in [5.41, 5.74) is 1.50. The first kappa shape index (κ1) is 23.7. The maximum absolute atomic E-state index is 11.4. The Morgan fingerprint density at radius 3 is 1.72 bits per heavy atom. The molecule has 5 fully saturated rings. The van der Waals surface area contributed by atoms with E-state index in [0.717, 1.165) is 18.3 Å². The molecule has 0 aromatic carbocycles. The van der Waals surface area contributed by atoms with E-state index >= 15 is 0 Å². The summed E-state index contributed by atoms with van der Waals surface area (Å²) in [5.74, 6) is 2.62. The lowest BCUT2D eigenvalue weighted by Crippen LogP contribution is -2.68. The molecule has 0 saturated heterocycles. The minimum absolute atomic E-state index is 0.0365. The molecule has 0 spiro atoms. The second-order valence-electron chi connectivity index (χ2n) is 15.6. The maximum atomic E-state index is 11.4. The third-order valence-corrected chi connectivity index (χ3v) is 14.0. The zero-order chi connectivity index (χ0) is 23.5. The van der Waals surface area contributed by atoms with Crippen molar-refractivity contribution in [3.8, 4) is 0 Å². The van der Waals surface area contributed by atoms with Crippen LogP contribution in [0, 0.1) is 56.2 Å². The fourth-order valence-corrected chi connectivity index (χ4v) is 11.6. The second kappa shape index (κ2) is 6.77. The highest BCUT2D eigenvalue weighted by molar-refractivity contribution is 5.19. The van der Waals surface area contributed by atoms with Crippen LogP contribution in [0.2, 0.25) is 0 Å². The summed E-state index contributed by atoms with van der Waals surface area (Å²) in [6.45, 7) is 19.9. The van der Waals surface area contributed by atoms with Gasteiger partial charge in [-0.25, -0.2) is 0 Å². The third kappa shape index (κ3) is 2.66. The van der Waals surface area contributed by atoms with Crippen molar-refractivity contribution < 1.29 is 10.2 Å². The minimum Gasteiger partial charge on any atom is -0.393 e. The molecule has 0 amide bonds. The molecule has 2 nitrogen and oxygen atoms in total. The van der Waals surface area contributed by atoms with Crippen molar-refractivity contribution in [1.29, 1.82) is 0 Å². The number of rotatable bonds is 0. The first-order valence-electron chi connectivity index (χ1n) is 14.0. The van der Waals surface area contributed by atoms with Crippen molar-refractivity contribution in [2.75, 3.05) is 0 Å².